The zero-order valence-electron chi connectivity index (χ0n) is 11.8. The first kappa shape index (κ1) is 14.6. The lowest BCUT2D eigenvalue weighted by molar-refractivity contribution is -0.132. The molecule has 1 amide bonds. The van der Waals surface area contributed by atoms with Crippen molar-refractivity contribution < 1.29 is 4.79 Å². The molecule has 1 saturated carbocycles. The molecule has 4 heteroatoms. The molecule has 0 radical (unpaired) electrons. The number of nitrogens with zero attached hydrogens (tertiary/aromatic N) is 1. The highest BCUT2D eigenvalue weighted by molar-refractivity contribution is 7.09. The fourth-order valence-electron chi connectivity index (χ4n) is 2.42. The zero-order chi connectivity index (χ0) is 14.7. The molecular formula is C17H18ClNOS. The maximum Gasteiger partial charge on any atom is 0.223 e. The average molecular weight is 320 g/mol. The Morgan fingerprint density at radius 3 is 2.62 bits per heavy atom. The largest absolute Gasteiger partial charge is 0.335 e. The Bertz CT molecular complexity index is 590. The summed E-state index contributed by atoms with van der Waals surface area (Å²) in [7, 11) is 0. The topological polar surface area (TPSA) is 20.3 Å². The van der Waals surface area contributed by atoms with Crippen molar-refractivity contribution in [1.82, 2.24) is 4.90 Å². The molecule has 1 aromatic carbocycles. The normalized spacial score (nSPS) is 14.1. The van der Waals surface area contributed by atoms with Crippen LogP contribution in [-0.4, -0.2) is 16.8 Å². The van der Waals surface area contributed by atoms with Crippen molar-refractivity contribution in [2.24, 2.45) is 0 Å². The number of hydrogen-bond acceptors (Lipinski definition) is 2. The Labute approximate surface area is 134 Å². The van der Waals surface area contributed by atoms with Gasteiger partial charge in [-0.1, -0.05) is 29.8 Å². The molecule has 1 aliphatic rings. The number of rotatable bonds is 6. The Kier molecular flexibility index (Phi) is 4.61. The van der Waals surface area contributed by atoms with E-state index in [-0.39, 0.29) is 5.91 Å². The number of benzene rings is 1. The van der Waals surface area contributed by atoms with Crippen LogP contribution in [-0.2, 0) is 17.8 Å². The molecule has 1 fully saturated rings. The summed E-state index contributed by atoms with van der Waals surface area (Å²) in [6, 6.07) is 12.4. The van der Waals surface area contributed by atoms with Crippen LogP contribution in [0.3, 0.4) is 0 Å². The maximum atomic E-state index is 12.5. The molecule has 0 spiro atoms. The number of carbonyl (C=O) groups excluding carboxylic acids is 1. The van der Waals surface area contributed by atoms with Crippen molar-refractivity contribution in [3.8, 4) is 0 Å². The van der Waals surface area contributed by atoms with Crippen molar-refractivity contribution in [2.45, 2.75) is 38.3 Å². The number of thiophene rings is 1. The summed E-state index contributed by atoms with van der Waals surface area (Å²) in [5, 5.41) is 2.81. The molecule has 21 heavy (non-hydrogen) atoms. The summed E-state index contributed by atoms with van der Waals surface area (Å²) in [5.41, 5.74) is 1.17. The summed E-state index contributed by atoms with van der Waals surface area (Å²) >= 11 is 7.60. The predicted octanol–water partition coefficient (Wildman–Crippen LogP) is 4.53. The minimum Gasteiger partial charge on any atom is -0.335 e. The van der Waals surface area contributed by atoms with E-state index in [0.29, 0.717) is 12.5 Å². The molecule has 0 bridgehead atoms. The van der Waals surface area contributed by atoms with Gasteiger partial charge in [-0.05, 0) is 48.4 Å². The lowest BCUT2D eigenvalue weighted by Gasteiger charge is -2.22. The maximum absolute atomic E-state index is 12.5. The Morgan fingerprint density at radius 1 is 1.24 bits per heavy atom. The third kappa shape index (κ3) is 4.08. The highest BCUT2D eigenvalue weighted by atomic mass is 35.5. The van der Waals surface area contributed by atoms with Crippen molar-refractivity contribution in [1.29, 1.82) is 0 Å². The van der Waals surface area contributed by atoms with Gasteiger partial charge < -0.3 is 4.90 Å². The van der Waals surface area contributed by atoms with Crippen molar-refractivity contribution >= 4 is 28.8 Å². The van der Waals surface area contributed by atoms with Crippen LogP contribution in [0.2, 0.25) is 5.02 Å². The van der Waals surface area contributed by atoms with E-state index >= 15 is 0 Å². The van der Waals surface area contributed by atoms with Crippen molar-refractivity contribution in [3.63, 3.8) is 0 Å². The van der Waals surface area contributed by atoms with Gasteiger partial charge in [-0.2, -0.15) is 0 Å². The molecule has 0 atom stereocenters. The van der Waals surface area contributed by atoms with Gasteiger partial charge in [0.2, 0.25) is 5.91 Å². The van der Waals surface area contributed by atoms with Gasteiger partial charge in [0.15, 0.2) is 0 Å². The molecular weight excluding hydrogens is 302 g/mol. The smallest absolute Gasteiger partial charge is 0.223 e. The second-order valence-electron chi connectivity index (χ2n) is 5.46. The van der Waals surface area contributed by atoms with Gasteiger partial charge in [0, 0.05) is 22.4 Å². The number of amides is 1. The van der Waals surface area contributed by atoms with E-state index in [9.17, 15) is 4.79 Å². The van der Waals surface area contributed by atoms with Crippen LogP contribution < -0.4 is 0 Å². The predicted molar refractivity (Wildman–Crippen MR) is 87.7 cm³/mol. The molecule has 2 aromatic rings. The number of halogens is 1. The Morgan fingerprint density at radius 2 is 2.00 bits per heavy atom. The van der Waals surface area contributed by atoms with Crippen LogP contribution in [0.15, 0.2) is 41.8 Å². The number of aryl methyl sites for hydroxylation is 1. The summed E-state index contributed by atoms with van der Waals surface area (Å²) in [6.07, 6.45) is 3.66. The van der Waals surface area contributed by atoms with E-state index in [1.807, 2.05) is 30.3 Å². The van der Waals surface area contributed by atoms with Gasteiger partial charge in [-0.15, -0.1) is 11.3 Å². The second-order valence-corrected chi connectivity index (χ2v) is 6.93. The van der Waals surface area contributed by atoms with Gasteiger partial charge in [0.1, 0.15) is 0 Å². The average Bonchev–Trinajstić information content (AvgIpc) is 3.20. The standard InChI is InChI=1S/C17H18ClNOS/c18-14-6-3-13(4-7-14)5-10-17(20)19(15-8-9-15)12-16-2-1-11-21-16/h1-4,6-7,11,15H,5,8-10,12H2. The second kappa shape index (κ2) is 6.63. The fraction of sp³-hybridized carbons (Fsp3) is 0.353. The Balaban J connectivity index is 1.58. The summed E-state index contributed by atoms with van der Waals surface area (Å²) < 4.78 is 0. The monoisotopic (exact) mass is 319 g/mol. The van der Waals surface area contributed by atoms with Gasteiger partial charge >= 0.3 is 0 Å². The highest BCUT2D eigenvalue weighted by Crippen LogP contribution is 2.30. The molecule has 0 saturated heterocycles. The molecule has 0 N–H and O–H groups in total. The van der Waals surface area contributed by atoms with Gasteiger partial charge in [-0.25, -0.2) is 0 Å². The van der Waals surface area contributed by atoms with E-state index in [4.69, 9.17) is 11.6 Å². The molecule has 1 aromatic heterocycles. The van der Waals surface area contributed by atoms with Crippen LogP contribution in [0.5, 0.6) is 0 Å². The van der Waals surface area contributed by atoms with Gasteiger partial charge in [0.05, 0.1) is 6.54 Å². The van der Waals surface area contributed by atoms with Crippen molar-refractivity contribution in [2.75, 3.05) is 0 Å². The van der Waals surface area contributed by atoms with Crippen LogP contribution >= 0.6 is 22.9 Å². The summed E-state index contributed by atoms with van der Waals surface area (Å²) in [6.45, 7) is 0.766. The quantitative estimate of drug-likeness (QED) is 0.766. The number of carbonyl (C=O) groups is 1. The zero-order valence-corrected chi connectivity index (χ0v) is 13.4. The number of hydrogen-bond donors (Lipinski definition) is 0. The van der Waals surface area contributed by atoms with Gasteiger partial charge in [0.25, 0.3) is 0 Å². The fourth-order valence-corrected chi connectivity index (χ4v) is 3.25. The minimum atomic E-state index is 0.265. The summed E-state index contributed by atoms with van der Waals surface area (Å²) in [5.74, 6) is 0.265. The molecule has 110 valence electrons. The first-order valence-corrected chi connectivity index (χ1v) is 8.54. The molecule has 3 rings (SSSR count). The van der Waals surface area contributed by atoms with Crippen LogP contribution in [0, 0.1) is 0 Å². The van der Waals surface area contributed by atoms with E-state index in [0.717, 1.165) is 30.8 Å². The molecule has 1 heterocycles. The third-order valence-corrected chi connectivity index (χ3v) is 4.87. The van der Waals surface area contributed by atoms with Crippen LogP contribution in [0.25, 0.3) is 0 Å². The third-order valence-electron chi connectivity index (χ3n) is 3.76. The lowest BCUT2D eigenvalue weighted by atomic mass is 10.1. The van der Waals surface area contributed by atoms with E-state index in [1.165, 1.54) is 10.4 Å². The SMILES string of the molecule is O=C(CCc1ccc(Cl)cc1)N(Cc1cccs1)C1CC1. The first-order valence-electron chi connectivity index (χ1n) is 7.28. The molecule has 0 aliphatic heterocycles. The molecule has 1 aliphatic carbocycles. The van der Waals surface area contributed by atoms with Crippen LogP contribution in [0.1, 0.15) is 29.7 Å². The van der Waals surface area contributed by atoms with E-state index in [2.05, 4.69) is 16.3 Å². The van der Waals surface area contributed by atoms with Crippen molar-refractivity contribution in [3.05, 3.63) is 57.2 Å². The minimum absolute atomic E-state index is 0.265. The first-order chi connectivity index (χ1) is 10.2. The van der Waals surface area contributed by atoms with Crippen LogP contribution in [0.4, 0.5) is 0 Å². The molecule has 2 nitrogen and oxygen atoms in total. The van der Waals surface area contributed by atoms with E-state index in [1.54, 1.807) is 11.3 Å². The van der Waals surface area contributed by atoms with E-state index < -0.39 is 0 Å². The highest BCUT2D eigenvalue weighted by Gasteiger charge is 2.32. The lowest BCUT2D eigenvalue weighted by Crippen LogP contribution is -2.32. The Hall–Kier alpha value is -1.32. The molecule has 0 unspecified atom stereocenters. The van der Waals surface area contributed by atoms with Gasteiger partial charge in [-0.3, -0.25) is 4.79 Å². The summed E-state index contributed by atoms with van der Waals surface area (Å²) in [4.78, 5) is 15.8.